The fraction of sp³-hybridized carbons (Fsp3) is 0.125. The Balaban J connectivity index is 2.71. The van der Waals surface area contributed by atoms with E-state index in [-0.39, 0.29) is 17.2 Å². The van der Waals surface area contributed by atoms with Crippen molar-refractivity contribution >= 4 is 34.5 Å². The van der Waals surface area contributed by atoms with Gasteiger partial charge in [-0.05, 0) is 18.2 Å². The summed E-state index contributed by atoms with van der Waals surface area (Å²) >= 11 is 5.99. The van der Waals surface area contributed by atoms with Crippen LogP contribution in [0.2, 0.25) is 5.02 Å². The predicted octanol–water partition coefficient (Wildman–Crippen LogP) is 3.74. The van der Waals surface area contributed by atoms with Gasteiger partial charge in [0.1, 0.15) is 5.75 Å². The van der Waals surface area contributed by atoms with E-state index in [9.17, 15) is 9.59 Å². The van der Waals surface area contributed by atoms with Gasteiger partial charge in [0.05, 0.1) is 14.2 Å². The molecule has 7 heteroatoms. The van der Waals surface area contributed by atoms with Crippen LogP contribution < -0.4 is 14.2 Å². The average molecular weight is 337 g/mol. The highest BCUT2D eigenvalue weighted by molar-refractivity contribution is 6.31. The van der Waals surface area contributed by atoms with Crippen molar-refractivity contribution in [1.29, 1.82) is 0 Å². The summed E-state index contributed by atoms with van der Waals surface area (Å²) < 4.78 is 20.0. The maximum atomic E-state index is 11.5. The van der Waals surface area contributed by atoms with Crippen LogP contribution in [-0.2, 0) is 9.53 Å². The molecule has 0 heterocycles. The molecule has 0 unspecified atom stereocenters. The fourth-order valence-electron chi connectivity index (χ4n) is 1.93. The number of ether oxygens (including phenoxy) is 4. The Bertz CT molecular complexity index is 784. The van der Waals surface area contributed by atoms with Gasteiger partial charge in [-0.1, -0.05) is 18.2 Å². The molecular formula is C16H13ClO6. The number of esters is 1. The Labute approximate surface area is 137 Å². The van der Waals surface area contributed by atoms with Gasteiger partial charge >= 0.3 is 12.1 Å². The van der Waals surface area contributed by atoms with Crippen LogP contribution in [0.5, 0.6) is 17.2 Å². The fourth-order valence-corrected chi connectivity index (χ4v) is 2.10. The summed E-state index contributed by atoms with van der Waals surface area (Å²) in [4.78, 5) is 22.9. The molecule has 0 N–H and O–H groups in total. The summed E-state index contributed by atoms with van der Waals surface area (Å²) in [5.41, 5.74) is 0. The lowest BCUT2D eigenvalue weighted by Crippen LogP contribution is -2.09. The number of hydrogen-bond donors (Lipinski definition) is 0. The van der Waals surface area contributed by atoms with E-state index in [1.54, 1.807) is 18.2 Å². The number of benzene rings is 2. The molecule has 120 valence electrons. The topological polar surface area (TPSA) is 71.1 Å². The van der Waals surface area contributed by atoms with Crippen LogP contribution in [0.3, 0.4) is 0 Å². The van der Waals surface area contributed by atoms with Gasteiger partial charge in [-0.3, -0.25) is 0 Å². The Morgan fingerprint density at radius 3 is 2.43 bits per heavy atom. The van der Waals surface area contributed by atoms with Crippen molar-refractivity contribution < 1.29 is 28.5 Å². The number of halogens is 1. The van der Waals surface area contributed by atoms with Crippen LogP contribution in [0.1, 0.15) is 0 Å². The van der Waals surface area contributed by atoms with Crippen molar-refractivity contribution in [3.05, 3.63) is 41.9 Å². The Hall–Kier alpha value is -2.73. The third-order valence-corrected chi connectivity index (χ3v) is 3.16. The second-order valence-corrected chi connectivity index (χ2v) is 4.71. The SMILES string of the molecule is C=CC(=O)Oc1c(OC)cc(OC(=O)OC)c2cc(Cl)ccc12. The van der Waals surface area contributed by atoms with Crippen molar-refractivity contribution in [2.45, 2.75) is 0 Å². The van der Waals surface area contributed by atoms with E-state index in [4.69, 9.17) is 25.8 Å². The molecule has 0 aliphatic heterocycles. The summed E-state index contributed by atoms with van der Waals surface area (Å²) in [5, 5.41) is 1.34. The second kappa shape index (κ2) is 7.02. The summed E-state index contributed by atoms with van der Waals surface area (Å²) in [7, 11) is 2.58. The summed E-state index contributed by atoms with van der Waals surface area (Å²) in [5.74, 6) is -0.124. The molecule has 2 aromatic carbocycles. The van der Waals surface area contributed by atoms with Crippen LogP contribution in [0.25, 0.3) is 10.8 Å². The van der Waals surface area contributed by atoms with Gasteiger partial charge in [-0.15, -0.1) is 0 Å². The monoisotopic (exact) mass is 336 g/mol. The van der Waals surface area contributed by atoms with E-state index in [0.29, 0.717) is 15.8 Å². The quantitative estimate of drug-likeness (QED) is 0.366. The van der Waals surface area contributed by atoms with Crippen molar-refractivity contribution in [1.82, 2.24) is 0 Å². The van der Waals surface area contributed by atoms with Gasteiger partial charge in [0, 0.05) is 27.9 Å². The molecule has 0 radical (unpaired) electrons. The Kier molecular flexibility index (Phi) is 5.08. The summed E-state index contributed by atoms with van der Waals surface area (Å²) in [6, 6.07) is 6.20. The minimum Gasteiger partial charge on any atom is -0.493 e. The van der Waals surface area contributed by atoms with E-state index >= 15 is 0 Å². The normalized spacial score (nSPS) is 10.0. The molecule has 0 aliphatic rings. The first-order valence-electron chi connectivity index (χ1n) is 6.40. The smallest absolute Gasteiger partial charge is 0.493 e. The Morgan fingerprint density at radius 2 is 1.83 bits per heavy atom. The Morgan fingerprint density at radius 1 is 1.09 bits per heavy atom. The van der Waals surface area contributed by atoms with Crippen LogP contribution in [0.4, 0.5) is 4.79 Å². The van der Waals surface area contributed by atoms with Gasteiger partial charge in [0.15, 0.2) is 11.5 Å². The first-order chi connectivity index (χ1) is 11.0. The minimum atomic E-state index is -0.899. The van der Waals surface area contributed by atoms with Crippen LogP contribution in [-0.4, -0.2) is 26.3 Å². The largest absolute Gasteiger partial charge is 0.513 e. The van der Waals surface area contributed by atoms with Crippen molar-refractivity contribution in [3.8, 4) is 17.2 Å². The number of rotatable bonds is 4. The number of methoxy groups -OCH3 is 2. The molecule has 0 bridgehead atoms. The number of fused-ring (bicyclic) bond motifs is 1. The third kappa shape index (κ3) is 3.54. The van der Waals surface area contributed by atoms with E-state index in [2.05, 4.69) is 11.3 Å². The molecule has 0 spiro atoms. The molecule has 0 aromatic heterocycles. The second-order valence-electron chi connectivity index (χ2n) is 4.28. The van der Waals surface area contributed by atoms with Crippen LogP contribution in [0.15, 0.2) is 36.9 Å². The van der Waals surface area contributed by atoms with E-state index in [1.807, 2.05) is 0 Å². The zero-order valence-corrected chi connectivity index (χ0v) is 13.2. The van der Waals surface area contributed by atoms with Crippen molar-refractivity contribution in [2.75, 3.05) is 14.2 Å². The van der Waals surface area contributed by atoms with E-state index in [1.165, 1.54) is 20.3 Å². The number of carbonyl (C=O) groups is 2. The maximum absolute atomic E-state index is 11.5. The van der Waals surface area contributed by atoms with E-state index < -0.39 is 12.1 Å². The van der Waals surface area contributed by atoms with Crippen molar-refractivity contribution in [2.24, 2.45) is 0 Å². The lowest BCUT2D eigenvalue weighted by molar-refractivity contribution is -0.128. The zero-order chi connectivity index (χ0) is 17.0. The lowest BCUT2D eigenvalue weighted by atomic mass is 10.1. The van der Waals surface area contributed by atoms with Crippen molar-refractivity contribution in [3.63, 3.8) is 0 Å². The van der Waals surface area contributed by atoms with Gasteiger partial charge in [-0.25, -0.2) is 9.59 Å². The standard InChI is InChI=1S/C16H13ClO6/c1-4-14(18)23-15-10-6-5-9(17)7-11(10)12(8-13(15)20-2)22-16(19)21-3/h4-8H,1H2,2-3H3. The van der Waals surface area contributed by atoms with Gasteiger partial charge < -0.3 is 18.9 Å². The molecule has 0 fully saturated rings. The molecule has 0 amide bonds. The molecule has 23 heavy (non-hydrogen) atoms. The molecule has 0 saturated heterocycles. The maximum Gasteiger partial charge on any atom is 0.513 e. The lowest BCUT2D eigenvalue weighted by Gasteiger charge is -2.14. The molecule has 0 saturated carbocycles. The molecule has 2 rings (SSSR count). The predicted molar refractivity (Wildman–Crippen MR) is 84.4 cm³/mol. The first-order valence-corrected chi connectivity index (χ1v) is 6.78. The summed E-state index contributed by atoms with van der Waals surface area (Å²) in [6.07, 6.45) is 0.129. The van der Waals surface area contributed by atoms with Gasteiger partial charge in [0.2, 0.25) is 0 Å². The highest BCUT2D eigenvalue weighted by Crippen LogP contribution is 2.42. The highest BCUT2D eigenvalue weighted by atomic mass is 35.5. The zero-order valence-electron chi connectivity index (χ0n) is 12.4. The first kappa shape index (κ1) is 16.6. The van der Waals surface area contributed by atoms with Gasteiger partial charge in [0.25, 0.3) is 0 Å². The number of carbonyl (C=O) groups excluding carboxylic acids is 2. The molecule has 6 nitrogen and oxygen atoms in total. The third-order valence-electron chi connectivity index (χ3n) is 2.93. The van der Waals surface area contributed by atoms with Crippen LogP contribution in [0, 0.1) is 0 Å². The molecular weight excluding hydrogens is 324 g/mol. The van der Waals surface area contributed by atoms with E-state index in [0.717, 1.165) is 6.08 Å². The van der Waals surface area contributed by atoms with Crippen LogP contribution >= 0.6 is 11.6 Å². The summed E-state index contributed by atoms with van der Waals surface area (Å²) in [6.45, 7) is 3.35. The minimum absolute atomic E-state index is 0.157. The van der Waals surface area contributed by atoms with Gasteiger partial charge in [-0.2, -0.15) is 0 Å². The average Bonchev–Trinajstić information content (AvgIpc) is 2.56. The molecule has 0 aliphatic carbocycles. The molecule has 2 aromatic rings. The molecule has 0 atom stereocenters. The number of hydrogen-bond acceptors (Lipinski definition) is 6. The highest BCUT2D eigenvalue weighted by Gasteiger charge is 2.19.